The number of nitrogens with one attached hydrogen (secondary N) is 2. The van der Waals surface area contributed by atoms with Crippen molar-refractivity contribution < 1.29 is 24.0 Å². The number of anilines is 1. The molecule has 4 rings (SSSR count). The first-order valence-electron chi connectivity index (χ1n) is 10.5. The van der Waals surface area contributed by atoms with Crippen molar-refractivity contribution in [2.24, 2.45) is 10.9 Å². The van der Waals surface area contributed by atoms with Crippen molar-refractivity contribution in [3.63, 3.8) is 0 Å². The van der Waals surface area contributed by atoms with Gasteiger partial charge in [0.2, 0.25) is 23.6 Å². The summed E-state index contributed by atoms with van der Waals surface area (Å²) >= 11 is 0. The lowest BCUT2D eigenvalue weighted by molar-refractivity contribution is -0.139. The molecule has 32 heavy (non-hydrogen) atoms. The number of likely N-dealkylation sites (tertiary alicyclic amines) is 1. The molecule has 2 fully saturated rings. The van der Waals surface area contributed by atoms with E-state index in [1.54, 1.807) is 31.2 Å². The largest absolute Gasteiger partial charge is 0.387 e. The summed E-state index contributed by atoms with van der Waals surface area (Å²) < 4.78 is 0. The molecule has 3 heterocycles. The van der Waals surface area contributed by atoms with Crippen LogP contribution >= 0.6 is 0 Å². The van der Waals surface area contributed by atoms with Gasteiger partial charge in [-0.3, -0.25) is 19.2 Å². The standard InChI is InChI=1S/C22H25N5O5/c1-2-4-18(28)24-14-6-3-5-13(9-14)16-10-22(32-26-16)11-17(20(23)30)27(12-22)21(31)15-7-8-19(29)25-15/h2-6,9,15,17H,7-8,10-12H2,1H3,(H2,23,30)(H,24,28)(H,25,29). The van der Waals surface area contributed by atoms with Gasteiger partial charge in [-0.1, -0.05) is 23.4 Å². The molecule has 10 heteroatoms. The van der Waals surface area contributed by atoms with E-state index in [0.717, 1.165) is 5.56 Å². The Morgan fingerprint density at radius 1 is 1.38 bits per heavy atom. The summed E-state index contributed by atoms with van der Waals surface area (Å²) in [7, 11) is 0. The van der Waals surface area contributed by atoms with Crippen LogP contribution in [0, 0.1) is 0 Å². The van der Waals surface area contributed by atoms with Gasteiger partial charge in [-0.15, -0.1) is 0 Å². The van der Waals surface area contributed by atoms with Gasteiger partial charge in [-0.05, 0) is 31.6 Å². The monoisotopic (exact) mass is 439 g/mol. The molecule has 4 N–H and O–H groups in total. The number of oxime groups is 1. The van der Waals surface area contributed by atoms with Crippen LogP contribution in [0.3, 0.4) is 0 Å². The number of amides is 4. The van der Waals surface area contributed by atoms with Crippen LogP contribution < -0.4 is 16.4 Å². The fourth-order valence-corrected chi connectivity index (χ4v) is 4.42. The number of carbonyl (C=O) groups excluding carboxylic acids is 4. The molecule has 3 aliphatic heterocycles. The summed E-state index contributed by atoms with van der Waals surface area (Å²) in [6.45, 7) is 1.91. The SMILES string of the molecule is CC=CC(=O)Nc1cccc(C2=NOC3(C2)CC(C(N)=O)N(C(=O)C2CCC(=O)N2)C3)c1. The van der Waals surface area contributed by atoms with E-state index in [-0.39, 0.29) is 37.1 Å². The van der Waals surface area contributed by atoms with Crippen LogP contribution in [0.5, 0.6) is 0 Å². The summed E-state index contributed by atoms with van der Waals surface area (Å²) in [5, 5.41) is 9.64. The Hall–Kier alpha value is -3.69. The van der Waals surface area contributed by atoms with Gasteiger partial charge in [0.05, 0.1) is 12.3 Å². The number of carbonyl (C=O) groups is 4. The van der Waals surface area contributed by atoms with Crippen LogP contribution in [0.4, 0.5) is 5.69 Å². The quantitative estimate of drug-likeness (QED) is 0.570. The maximum absolute atomic E-state index is 13.0. The van der Waals surface area contributed by atoms with Crippen LogP contribution in [-0.2, 0) is 24.0 Å². The molecule has 10 nitrogen and oxygen atoms in total. The molecule has 0 saturated carbocycles. The molecular formula is C22H25N5O5. The zero-order chi connectivity index (χ0) is 22.9. The van der Waals surface area contributed by atoms with E-state index in [2.05, 4.69) is 15.8 Å². The van der Waals surface area contributed by atoms with Gasteiger partial charge in [0, 0.05) is 30.5 Å². The number of primary amides is 1. The highest BCUT2D eigenvalue weighted by Gasteiger charge is 2.54. The second-order valence-corrected chi connectivity index (χ2v) is 8.31. The molecule has 0 aromatic heterocycles. The van der Waals surface area contributed by atoms with Gasteiger partial charge < -0.3 is 26.1 Å². The fraction of sp³-hybridized carbons (Fsp3) is 0.409. The summed E-state index contributed by atoms with van der Waals surface area (Å²) in [4.78, 5) is 55.6. The fourth-order valence-electron chi connectivity index (χ4n) is 4.42. The third-order valence-corrected chi connectivity index (χ3v) is 5.93. The molecule has 0 aliphatic carbocycles. The van der Waals surface area contributed by atoms with Gasteiger partial charge in [0.15, 0.2) is 5.60 Å². The number of allylic oxidation sites excluding steroid dienone is 1. The number of hydrogen-bond donors (Lipinski definition) is 3. The van der Waals surface area contributed by atoms with Crippen LogP contribution in [0.15, 0.2) is 41.6 Å². The van der Waals surface area contributed by atoms with E-state index in [1.165, 1.54) is 11.0 Å². The van der Waals surface area contributed by atoms with Gasteiger partial charge in [-0.2, -0.15) is 0 Å². The molecule has 3 unspecified atom stereocenters. The van der Waals surface area contributed by atoms with E-state index in [9.17, 15) is 19.2 Å². The van der Waals surface area contributed by atoms with E-state index >= 15 is 0 Å². The predicted octanol–water partition coefficient (Wildman–Crippen LogP) is 0.429. The molecule has 1 aromatic rings. The van der Waals surface area contributed by atoms with Crippen molar-refractivity contribution in [3.05, 3.63) is 42.0 Å². The Labute approximate surface area is 184 Å². The smallest absolute Gasteiger partial charge is 0.248 e. The predicted molar refractivity (Wildman–Crippen MR) is 115 cm³/mol. The highest BCUT2D eigenvalue weighted by Crippen LogP contribution is 2.39. The first kappa shape index (κ1) is 21.5. The Bertz CT molecular complexity index is 1040. The van der Waals surface area contributed by atoms with Gasteiger partial charge >= 0.3 is 0 Å². The lowest BCUT2D eigenvalue weighted by Crippen LogP contribution is -2.50. The molecule has 3 atom stereocenters. The number of nitrogens with zero attached hydrogens (tertiary/aromatic N) is 2. The van der Waals surface area contributed by atoms with Crippen LogP contribution in [0.25, 0.3) is 0 Å². The third kappa shape index (κ3) is 4.20. The van der Waals surface area contributed by atoms with Crippen LogP contribution in [0.2, 0.25) is 0 Å². The molecule has 0 bridgehead atoms. The van der Waals surface area contributed by atoms with E-state index in [0.29, 0.717) is 24.2 Å². The molecule has 4 amide bonds. The summed E-state index contributed by atoms with van der Waals surface area (Å²) in [5.41, 5.74) is 6.75. The van der Waals surface area contributed by atoms with Crippen molar-refractivity contribution >= 4 is 35.0 Å². The van der Waals surface area contributed by atoms with E-state index in [1.807, 2.05) is 6.07 Å². The first-order chi connectivity index (χ1) is 15.3. The zero-order valence-electron chi connectivity index (χ0n) is 17.7. The lowest BCUT2D eigenvalue weighted by Gasteiger charge is -2.25. The minimum Gasteiger partial charge on any atom is -0.387 e. The third-order valence-electron chi connectivity index (χ3n) is 5.93. The molecule has 2 saturated heterocycles. The van der Waals surface area contributed by atoms with Crippen molar-refractivity contribution in [3.8, 4) is 0 Å². The van der Waals surface area contributed by atoms with Crippen molar-refractivity contribution in [1.82, 2.24) is 10.2 Å². The molecule has 1 aromatic carbocycles. The minimum atomic E-state index is -0.864. The summed E-state index contributed by atoms with van der Waals surface area (Å²) in [5.74, 6) is -1.37. The summed E-state index contributed by atoms with van der Waals surface area (Å²) in [6, 6.07) is 5.73. The normalized spacial score (nSPS) is 26.8. The second kappa shape index (κ2) is 8.45. The Morgan fingerprint density at radius 3 is 2.88 bits per heavy atom. The van der Waals surface area contributed by atoms with Crippen molar-refractivity contribution in [2.45, 2.75) is 50.3 Å². The second-order valence-electron chi connectivity index (χ2n) is 8.31. The maximum atomic E-state index is 13.0. The van der Waals surface area contributed by atoms with Gasteiger partial charge in [-0.25, -0.2) is 0 Å². The average molecular weight is 439 g/mol. The van der Waals surface area contributed by atoms with Gasteiger partial charge in [0.1, 0.15) is 12.1 Å². The molecule has 0 radical (unpaired) electrons. The highest BCUT2D eigenvalue weighted by molar-refractivity contribution is 6.04. The Balaban J connectivity index is 1.49. The molecular weight excluding hydrogens is 414 g/mol. The molecule has 1 spiro atoms. The molecule has 3 aliphatic rings. The van der Waals surface area contributed by atoms with E-state index in [4.69, 9.17) is 10.6 Å². The zero-order valence-corrected chi connectivity index (χ0v) is 17.7. The Kier molecular flexibility index (Phi) is 5.68. The Morgan fingerprint density at radius 2 is 2.19 bits per heavy atom. The number of hydrogen-bond acceptors (Lipinski definition) is 6. The maximum Gasteiger partial charge on any atom is 0.248 e. The van der Waals surface area contributed by atoms with Crippen LogP contribution in [0.1, 0.15) is 38.2 Å². The van der Waals surface area contributed by atoms with Gasteiger partial charge in [0.25, 0.3) is 0 Å². The first-order valence-corrected chi connectivity index (χ1v) is 10.5. The summed E-state index contributed by atoms with van der Waals surface area (Å²) in [6.07, 6.45) is 4.35. The highest BCUT2D eigenvalue weighted by atomic mass is 16.7. The number of rotatable bonds is 5. The van der Waals surface area contributed by atoms with Crippen LogP contribution in [-0.4, -0.2) is 58.5 Å². The van der Waals surface area contributed by atoms with Crippen molar-refractivity contribution in [1.29, 1.82) is 0 Å². The topological polar surface area (TPSA) is 143 Å². The molecule has 168 valence electrons. The average Bonchev–Trinajstić information content (AvgIpc) is 3.47. The lowest BCUT2D eigenvalue weighted by atomic mass is 9.91. The minimum absolute atomic E-state index is 0.149. The number of benzene rings is 1. The van der Waals surface area contributed by atoms with E-state index < -0.39 is 23.6 Å². The number of nitrogens with two attached hydrogens (primary N) is 1. The van der Waals surface area contributed by atoms with Crippen molar-refractivity contribution in [2.75, 3.05) is 11.9 Å².